The molecule has 0 rings (SSSR count). The summed E-state index contributed by atoms with van der Waals surface area (Å²) in [4.78, 5) is 18.0. The molecule has 0 aliphatic rings. The molecule has 248 valence electrons. The van der Waals surface area contributed by atoms with E-state index in [2.05, 4.69) is 34.6 Å². The Balaban J connectivity index is -0.000000252. The van der Waals surface area contributed by atoms with Gasteiger partial charge in [0.15, 0.2) is 0 Å². The first-order valence-electron chi connectivity index (χ1n) is 16.8. The molecule has 0 heterocycles. The van der Waals surface area contributed by atoms with Crippen LogP contribution in [0.2, 0.25) is 0 Å². The van der Waals surface area contributed by atoms with Gasteiger partial charge in [-0.15, -0.1) is 0 Å². The lowest BCUT2D eigenvalue weighted by Gasteiger charge is -2.14. The normalized spacial score (nSPS) is 11.7. The lowest BCUT2D eigenvalue weighted by Crippen LogP contribution is -2.10. The van der Waals surface area contributed by atoms with Crippen molar-refractivity contribution in [1.29, 1.82) is 0 Å². The maximum absolute atomic E-state index is 9.03. The van der Waals surface area contributed by atoms with Gasteiger partial charge in [-0.1, -0.05) is 163 Å². The highest BCUT2D eigenvalue weighted by molar-refractivity contribution is 7.91. The number of hydrogen-bond acceptors (Lipinski definition) is 6. The topological polar surface area (TPSA) is 78.9 Å². The van der Waals surface area contributed by atoms with E-state index < -0.39 is 0 Å². The summed E-state index contributed by atoms with van der Waals surface area (Å²) in [6.45, 7) is 13.3. The molecule has 0 saturated heterocycles. The predicted octanol–water partition coefficient (Wildman–Crippen LogP) is 10.6. The maximum Gasteiger partial charge on any atom is 0.316 e. The summed E-state index contributed by atoms with van der Waals surface area (Å²) in [6.07, 6.45) is 32.1. The molecular weight excluding hydrogens is 532 g/mol. The van der Waals surface area contributed by atoms with E-state index in [0.29, 0.717) is 18.3 Å². The second kappa shape index (κ2) is 46.3. The number of methoxy groups -OCH3 is 1. The van der Waals surface area contributed by atoms with Gasteiger partial charge < -0.3 is 9.29 Å². The second-order valence-electron chi connectivity index (χ2n) is 11.1. The van der Waals surface area contributed by atoms with Crippen LogP contribution in [0.5, 0.6) is 0 Å². The first kappa shape index (κ1) is 47.3. The second-order valence-corrected chi connectivity index (χ2v) is 12.0. The molecule has 41 heavy (non-hydrogen) atoms. The van der Waals surface area contributed by atoms with Crippen LogP contribution < -0.4 is 5.32 Å². The number of rotatable bonds is 26. The molecule has 0 spiro atoms. The van der Waals surface area contributed by atoms with Gasteiger partial charge in [0.2, 0.25) is 6.41 Å². The zero-order valence-corrected chi connectivity index (χ0v) is 29.3. The number of nitrogens with zero attached hydrogens (tertiary/aromatic N) is 1. The third-order valence-corrected chi connectivity index (χ3v) is 7.13. The van der Waals surface area contributed by atoms with Crippen molar-refractivity contribution in [3.63, 3.8) is 0 Å². The van der Waals surface area contributed by atoms with Crippen LogP contribution in [0.3, 0.4) is 0 Å². The number of carbonyl (C=O) groups excluding carboxylic acids is 2. The van der Waals surface area contributed by atoms with E-state index in [1.165, 1.54) is 141 Å². The molecule has 0 saturated carbocycles. The summed E-state index contributed by atoms with van der Waals surface area (Å²) in [5.41, 5.74) is 0. The first-order valence-corrected chi connectivity index (χ1v) is 17.5. The summed E-state index contributed by atoms with van der Waals surface area (Å²) in [7, 11) is 5.41. The molecule has 0 aliphatic heterocycles. The van der Waals surface area contributed by atoms with Crippen molar-refractivity contribution in [2.24, 2.45) is 5.92 Å². The maximum atomic E-state index is 9.03. The fourth-order valence-electron chi connectivity index (χ4n) is 4.22. The highest BCUT2D eigenvalue weighted by atomic mass is 32.2. The monoisotopic (exact) mass is 605 g/mol. The molecular formula is C34H72N2O4S. The number of carbonyl (C=O) groups is 1. The van der Waals surface area contributed by atoms with Gasteiger partial charge in [0, 0.05) is 7.11 Å². The molecule has 0 aromatic carbocycles. The molecule has 0 bridgehead atoms. The van der Waals surface area contributed by atoms with Crippen molar-refractivity contribution in [1.82, 2.24) is 9.62 Å². The summed E-state index contributed by atoms with van der Waals surface area (Å²) in [5, 5.41) is 1.62. The Morgan fingerprint density at radius 1 is 0.732 bits per heavy atom. The van der Waals surface area contributed by atoms with Crippen molar-refractivity contribution in [3.05, 3.63) is 6.92 Å². The Bertz CT molecular complexity index is 450. The molecule has 0 fully saturated rings. The minimum Gasteiger partial charge on any atom is -0.381 e. The lowest BCUT2D eigenvalue weighted by molar-refractivity contribution is -0.108. The van der Waals surface area contributed by atoms with Crippen molar-refractivity contribution < 1.29 is 18.9 Å². The van der Waals surface area contributed by atoms with Gasteiger partial charge in [-0.3, -0.25) is 14.9 Å². The van der Waals surface area contributed by atoms with Gasteiger partial charge in [0.05, 0.1) is 18.3 Å². The predicted molar refractivity (Wildman–Crippen MR) is 183 cm³/mol. The molecule has 2 unspecified atom stereocenters. The van der Waals surface area contributed by atoms with Crippen molar-refractivity contribution in [2.75, 3.05) is 21.2 Å². The Kier molecular flexibility index (Phi) is 53.5. The van der Waals surface area contributed by atoms with Crippen molar-refractivity contribution >= 4 is 25.0 Å². The quantitative estimate of drug-likeness (QED) is 0.0336. The van der Waals surface area contributed by atoms with Crippen LogP contribution in [0.25, 0.3) is 0 Å². The summed E-state index contributed by atoms with van der Waals surface area (Å²) in [5.74, 6) is 0.725. The number of amides is 2. The van der Waals surface area contributed by atoms with Crippen LogP contribution in [0.4, 0.5) is 0 Å². The van der Waals surface area contributed by atoms with E-state index in [9.17, 15) is 0 Å². The van der Waals surface area contributed by atoms with Crippen LogP contribution in [-0.2, 0) is 14.3 Å². The van der Waals surface area contributed by atoms with Crippen LogP contribution in [-0.4, -0.2) is 49.0 Å². The van der Waals surface area contributed by atoms with Crippen LogP contribution in [0.15, 0.2) is 0 Å². The van der Waals surface area contributed by atoms with Gasteiger partial charge in [-0.2, -0.15) is 0 Å². The van der Waals surface area contributed by atoms with Gasteiger partial charge in [-0.05, 0) is 32.9 Å². The highest BCUT2D eigenvalue weighted by Crippen LogP contribution is 2.17. The summed E-state index contributed by atoms with van der Waals surface area (Å²) >= 11 is 0.713. The van der Waals surface area contributed by atoms with E-state index in [-0.39, 0.29) is 6.41 Å². The van der Waals surface area contributed by atoms with E-state index >= 15 is 0 Å². The van der Waals surface area contributed by atoms with E-state index in [4.69, 9.17) is 18.9 Å². The number of unbranched alkanes of at least 4 members (excludes halogenated alkanes) is 14. The van der Waals surface area contributed by atoms with E-state index in [0.717, 1.165) is 12.3 Å². The van der Waals surface area contributed by atoms with Gasteiger partial charge in [-0.25, -0.2) is 4.31 Å². The molecule has 2 atom stereocenters. The highest BCUT2D eigenvalue weighted by Gasteiger charge is 2.06. The number of nitrogens with one attached hydrogen (secondary N) is 1. The third-order valence-electron chi connectivity index (χ3n) is 6.81. The molecule has 2 radical (unpaired) electrons. The molecule has 0 aliphatic carbocycles. The number of ether oxygens (including phenoxy) is 1. The van der Waals surface area contributed by atoms with E-state index in [1.54, 1.807) is 23.7 Å². The Morgan fingerprint density at radius 3 is 1.29 bits per heavy atom. The van der Waals surface area contributed by atoms with Crippen LogP contribution >= 0.6 is 12.2 Å². The number of hydrogen-bond donors (Lipinski definition) is 2. The third kappa shape index (κ3) is 55.9. The molecule has 0 aromatic heterocycles. The van der Waals surface area contributed by atoms with E-state index in [1.807, 2.05) is 7.11 Å². The zero-order chi connectivity index (χ0) is 31.8. The Labute approximate surface area is 262 Å². The van der Waals surface area contributed by atoms with Crippen LogP contribution in [0.1, 0.15) is 169 Å². The molecule has 7 heteroatoms. The molecule has 0 aromatic rings. The first-order chi connectivity index (χ1) is 19.8. The van der Waals surface area contributed by atoms with Crippen LogP contribution in [0, 0.1) is 12.8 Å². The molecule has 6 nitrogen and oxygen atoms in total. The number of imide groups is 1. The molecule has 2 N–H and O–H groups in total. The Morgan fingerprint density at radius 2 is 1.05 bits per heavy atom. The standard InChI is InChI=1S/C15H32O.C15H31.C2H2NO2.C2H7NOS/c1-4-6-8-10-12-14-15(16-3)13-11-9-7-5-2;1-4-6-8-10-12-14-15(3)13-11-9-7-5-2;4-1-3-2-5;1-3(2)5-4/h15H,4-14H2,1-3H3;15H,3-14H2,1-2H3;1H,(H,3,4,5);4H,1-2H3. The van der Waals surface area contributed by atoms with Gasteiger partial charge in [0.1, 0.15) is 0 Å². The van der Waals surface area contributed by atoms with Crippen molar-refractivity contribution in [3.8, 4) is 0 Å². The molecule has 2 amide bonds. The minimum atomic E-state index is 0.257. The summed E-state index contributed by atoms with van der Waals surface area (Å²) in [6, 6.07) is 0. The fourth-order valence-corrected chi connectivity index (χ4v) is 4.22. The van der Waals surface area contributed by atoms with Gasteiger partial charge >= 0.3 is 6.41 Å². The largest absolute Gasteiger partial charge is 0.381 e. The minimum absolute atomic E-state index is 0.257. The SMILES string of the molecule is CCCCCCCC(CCCCCC)OC.CN(C)SO.O=[C]NC=O.[CH2]C(CCCCCC)CCCCCCC. The van der Waals surface area contributed by atoms with Crippen molar-refractivity contribution in [2.45, 2.75) is 175 Å². The lowest BCUT2D eigenvalue weighted by atomic mass is 9.96. The average Bonchev–Trinajstić information content (AvgIpc) is 2.97. The average molecular weight is 605 g/mol. The summed E-state index contributed by atoms with van der Waals surface area (Å²) < 4.78 is 15.1. The smallest absolute Gasteiger partial charge is 0.316 e. The van der Waals surface area contributed by atoms with Gasteiger partial charge in [0.25, 0.3) is 0 Å². The Hall–Kier alpha value is -0.630. The fraction of sp³-hybridized carbons (Fsp3) is 0.912. The zero-order valence-electron chi connectivity index (χ0n) is 28.5.